The standard InChI is InChI=1S/C10H11F/c1-2-4-9-5-3-6-10(11)8-7-9/h2-5,7-8H,6H2,1H3/b4-2+. The first-order valence-electron chi connectivity index (χ1n) is 3.68. The van der Waals surface area contributed by atoms with E-state index in [9.17, 15) is 4.39 Å². The summed E-state index contributed by atoms with van der Waals surface area (Å²) in [6, 6.07) is 0. The topological polar surface area (TPSA) is 0 Å². The fraction of sp³-hybridized carbons (Fsp3) is 0.200. The molecule has 0 N–H and O–H groups in total. The van der Waals surface area contributed by atoms with Gasteiger partial charge in [-0.15, -0.1) is 0 Å². The predicted molar refractivity (Wildman–Crippen MR) is 45.8 cm³/mol. The van der Waals surface area contributed by atoms with E-state index in [2.05, 4.69) is 0 Å². The van der Waals surface area contributed by atoms with Crippen LogP contribution in [0.4, 0.5) is 4.39 Å². The molecule has 0 spiro atoms. The Morgan fingerprint density at radius 2 is 2.27 bits per heavy atom. The van der Waals surface area contributed by atoms with Crippen molar-refractivity contribution < 1.29 is 4.39 Å². The van der Waals surface area contributed by atoms with Crippen molar-refractivity contribution >= 4 is 0 Å². The minimum atomic E-state index is -0.0826. The Kier molecular flexibility index (Phi) is 2.84. The van der Waals surface area contributed by atoms with Crippen LogP contribution in [-0.2, 0) is 0 Å². The predicted octanol–water partition coefficient (Wildman–Crippen LogP) is 3.30. The van der Waals surface area contributed by atoms with Gasteiger partial charge in [0.05, 0.1) is 0 Å². The van der Waals surface area contributed by atoms with Gasteiger partial charge >= 0.3 is 0 Å². The van der Waals surface area contributed by atoms with E-state index in [1.807, 2.05) is 31.2 Å². The molecule has 0 aliphatic heterocycles. The average Bonchev–Trinajstić information content (AvgIpc) is 2.17. The molecule has 0 fully saturated rings. The Balaban J connectivity index is 2.80. The molecule has 0 saturated heterocycles. The van der Waals surface area contributed by atoms with Crippen LogP contribution in [0.1, 0.15) is 13.3 Å². The van der Waals surface area contributed by atoms with Crippen LogP contribution < -0.4 is 0 Å². The lowest BCUT2D eigenvalue weighted by Crippen LogP contribution is -1.66. The summed E-state index contributed by atoms with van der Waals surface area (Å²) in [6.07, 6.45) is 11.3. The van der Waals surface area contributed by atoms with Crippen LogP contribution in [-0.4, -0.2) is 0 Å². The fourth-order valence-corrected chi connectivity index (χ4v) is 0.921. The Bertz CT molecular complexity index is 242. The zero-order chi connectivity index (χ0) is 8.10. The molecule has 1 aliphatic carbocycles. The highest BCUT2D eigenvalue weighted by Crippen LogP contribution is 2.12. The molecule has 0 aromatic rings. The summed E-state index contributed by atoms with van der Waals surface area (Å²) in [7, 11) is 0. The number of allylic oxidation sites excluding steroid dienone is 8. The molecule has 0 saturated carbocycles. The molecule has 0 heterocycles. The van der Waals surface area contributed by atoms with Crippen molar-refractivity contribution in [3.63, 3.8) is 0 Å². The lowest BCUT2D eigenvalue weighted by Gasteiger charge is -1.86. The zero-order valence-corrected chi connectivity index (χ0v) is 6.55. The molecular formula is C10H11F. The Morgan fingerprint density at radius 3 is 3.00 bits per heavy atom. The van der Waals surface area contributed by atoms with Gasteiger partial charge in [0.15, 0.2) is 0 Å². The fourth-order valence-electron chi connectivity index (χ4n) is 0.921. The third-order valence-electron chi connectivity index (χ3n) is 1.44. The number of hydrogen-bond acceptors (Lipinski definition) is 0. The van der Waals surface area contributed by atoms with Gasteiger partial charge in [-0.3, -0.25) is 0 Å². The van der Waals surface area contributed by atoms with Crippen LogP contribution in [0.5, 0.6) is 0 Å². The zero-order valence-electron chi connectivity index (χ0n) is 6.55. The first-order chi connectivity index (χ1) is 5.33. The van der Waals surface area contributed by atoms with E-state index in [4.69, 9.17) is 0 Å². The molecule has 0 aromatic carbocycles. The third-order valence-corrected chi connectivity index (χ3v) is 1.44. The molecule has 1 aliphatic rings. The van der Waals surface area contributed by atoms with Crippen molar-refractivity contribution in [1.82, 2.24) is 0 Å². The van der Waals surface area contributed by atoms with Crippen LogP contribution in [0, 0.1) is 0 Å². The summed E-state index contributed by atoms with van der Waals surface area (Å²) < 4.78 is 12.6. The molecule has 0 amide bonds. The quantitative estimate of drug-likeness (QED) is 0.538. The molecule has 0 unspecified atom stereocenters. The van der Waals surface area contributed by atoms with Crippen molar-refractivity contribution in [1.29, 1.82) is 0 Å². The van der Waals surface area contributed by atoms with E-state index in [1.165, 1.54) is 6.08 Å². The normalized spacial score (nSPS) is 18.0. The van der Waals surface area contributed by atoms with E-state index in [0.29, 0.717) is 6.42 Å². The minimum absolute atomic E-state index is 0.0826. The second-order valence-electron chi connectivity index (χ2n) is 2.39. The van der Waals surface area contributed by atoms with Gasteiger partial charge in [0.1, 0.15) is 5.83 Å². The Labute approximate surface area is 66.4 Å². The van der Waals surface area contributed by atoms with E-state index in [-0.39, 0.29) is 5.83 Å². The van der Waals surface area contributed by atoms with Gasteiger partial charge in [-0.2, -0.15) is 0 Å². The number of rotatable bonds is 1. The van der Waals surface area contributed by atoms with Crippen molar-refractivity contribution in [3.05, 3.63) is 47.9 Å². The Hall–Kier alpha value is -1.11. The summed E-state index contributed by atoms with van der Waals surface area (Å²) in [6.45, 7) is 1.94. The van der Waals surface area contributed by atoms with Crippen molar-refractivity contribution in [2.45, 2.75) is 13.3 Å². The highest BCUT2D eigenvalue weighted by Gasteiger charge is 1.93. The van der Waals surface area contributed by atoms with Gasteiger partial charge in [-0.05, 0) is 18.6 Å². The van der Waals surface area contributed by atoms with E-state index >= 15 is 0 Å². The molecule has 0 atom stereocenters. The van der Waals surface area contributed by atoms with Crippen molar-refractivity contribution in [2.75, 3.05) is 0 Å². The van der Waals surface area contributed by atoms with Crippen LogP contribution in [0.15, 0.2) is 47.9 Å². The highest BCUT2D eigenvalue weighted by atomic mass is 19.1. The monoisotopic (exact) mass is 150 g/mol. The lowest BCUT2D eigenvalue weighted by molar-refractivity contribution is 0.618. The summed E-state index contributed by atoms with van der Waals surface area (Å²) >= 11 is 0. The molecule has 0 nitrogen and oxygen atoms in total. The van der Waals surface area contributed by atoms with Crippen molar-refractivity contribution in [2.24, 2.45) is 0 Å². The van der Waals surface area contributed by atoms with Gasteiger partial charge in [0, 0.05) is 6.42 Å². The van der Waals surface area contributed by atoms with Crippen molar-refractivity contribution in [3.8, 4) is 0 Å². The summed E-state index contributed by atoms with van der Waals surface area (Å²) in [5.41, 5.74) is 1.04. The number of hydrogen-bond donors (Lipinski definition) is 0. The first kappa shape index (κ1) is 7.99. The molecule has 0 radical (unpaired) electrons. The second kappa shape index (κ2) is 3.91. The Morgan fingerprint density at radius 1 is 1.45 bits per heavy atom. The van der Waals surface area contributed by atoms with Gasteiger partial charge in [-0.25, -0.2) is 4.39 Å². The highest BCUT2D eigenvalue weighted by molar-refractivity contribution is 5.36. The van der Waals surface area contributed by atoms with Crippen LogP contribution in [0.2, 0.25) is 0 Å². The average molecular weight is 150 g/mol. The maximum absolute atomic E-state index is 12.6. The molecule has 1 rings (SSSR count). The molecule has 1 heteroatoms. The minimum Gasteiger partial charge on any atom is -0.211 e. The van der Waals surface area contributed by atoms with E-state index in [1.54, 1.807) is 6.08 Å². The molecule has 0 aromatic heterocycles. The molecule has 11 heavy (non-hydrogen) atoms. The van der Waals surface area contributed by atoms with Crippen LogP contribution in [0.25, 0.3) is 0 Å². The van der Waals surface area contributed by atoms with Gasteiger partial charge < -0.3 is 0 Å². The maximum atomic E-state index is 12.6. The SMILES string of the molecule is C/C=C/C1=CC=C(F)CC=C1. The molecule has 0 bridgehead atoms. The van der Waals surface area contributed by atoms with Gasteiger partial charge in [0.2, 0.25) is 0 Å². The third kappa shape index (κ3) is 2.54. The summed E-state index contributed by atoms with van der Waals surface area (Å²) in [4.78, 5) is 0. The summed E-state index contributed by atoms with van der Waals surface area (Å²) in [5.74, 6) is -0.0826. The van der Waals surface area contributed by atoms with E-state index in [0.717, 1.165) is 5.57 Å². The van der Waals surface area contributed by atoms with Gasteiger partial charge in [-0.1, -0.05) is 30.4 Å². The molecule has 58 valence electrons. The van der Waals surface area contributed by atoms with Gasteiger partial charge in [0.25, 0.3) is 0 Å². The lowest BCUT2D eigenvalue weighted by atomic mass is 10.2. The smallest absolute Gasteiger partial charge is 0.104 e. The summed E-state index contributed by atoms with van der Waals surface area (Å²) in [5, 5.41) is 0. The van der Waals surface area contributed by atoms with Crippen LogP contribution in [0.3, 0.4) is 0 Å². The second-order valence-corrected chi connectivity index (χ2v) is 2.39. The number of halogens is 1. The maximum Gasteiger partial charge on any atom is 0.104 e. The van der Waals surface area contributed by atoms with Crippen LogP contribution >= 0.6 is 0 Å². The van der Waals surface area contributed by atoms with E-state index < -0.39 is 0 Å². The molecular weight excluding hydrogens is 139 g/mol. The first-order valence-corrected chi connectivity index (χ1v) is 3.68. The largest absolute Gasteiger partial charge is 0.211 e.